The molecule has 0 heterocycles. The number of ether oxygens (including phenoxy) is 1. The third kappa shape index (κ3) is 7.50. The number of hydrazine groups is 1. The molecule has 0 saturated heterocycles. The number of benzene rings is 2. The van der Waals surface area contributed by atoms with Gasteiger partial charge in [-0.3, -0.25) is 25.8 Å². The van der Waals surface area contributed by atoms with Crippen LogP contribution in [0.3, 0.4) is 0 Å². The van der Waals surface area contributed by atoms with Crippen molar-refractivity contribution >= 4 is 29.1 Å². The molecule has 2 aromatic carbocycles. The Hall–Kier alpha value is -3.00. The Labute approximate surface area is 174 Å². The lowest BCUT2D eigenvalue weighted by atomic mass is 10.2. The first-order valence-electron chi connectivity index (χ1n) is 9.40. The zero-order chi connectivity index (χ0) is 21.1. The number of hydrogen-bond acceptors (Lipinski definition) is 4. The summed E-state index contributed by atoms with van der Waals surface area (Å²) in [5.41, 5.74) is 5.04. The van der Waals surface area contributed by atoms with Crippen LogP contribution in [0.5, 0.6) is 5.75 Å². The average molecular weight is 418 g/mol. The van der Waals surface area contributed by atoms with Crippen LogP contribution < -0.4 is 20.9 Å². The van der Waals surface area contributed by atoms with E-state index in [9.17, 15) is 14.0 Å². The maximum Gasteiger partial charge on any atom is 0.269 e. The predicted octanol–water partition coefficient (Wildman–Crippen LogP) is 3.73. The zero-order valence-corrected chi connectivity index (χ0v) is 17.0. The summed E-state index contributed by atoms with van der Waals surface area (Å²) in [4.78, 5) is 24.1. The topological polar surface area (TPSA) is 79.5 Å². The molecule has 29 heavy (non-hydrogen) atoms. The highest BCUT2D eigenvalue weighted by Crippen LogP contribution is 2.13. The Kier molecular flexibility index (Phi) is 9.04. The van der Waals surface area contributed by atoms with Gasteiger partial charge in [0.15, 0.2) is 5.11 Å². The second-order valence-corrected chi connectivity index (χ2v) is 6.68. The van der Waals surface area contributed by atoms with Crippen molar-refractivity contribution in [2.75, 3.05) is 6.61 Å². The van der Waals surface area contributed by atoms with Crippen molar-refractivity contribution < 1.29 is 18.7 Å². The fraction of sp³-hybridized carbons (Fsp3) is 0.286. The van der Waals surface area contributed by atoms with Crippen LogP contribution in [0.15, 0.2) is 48.5 Å². The first-order valence-corrected chi connectivity index (χ1v) is 9.81. The van der Waals surface area contributed by atoms with Crippen LogP contribution in [0.4, 0.5) is 4.39 Å². The fourth-order valence-corrected chi connectivity index (χ4v) is 2.60. The van der Waals surface area contributed by atoms with E-state index in [1.165, 1.54) is 37.1 Å². The SMILES string of the molecule is CCCCCCOc1ccc(C(=O)NNC(=S)NC(=O)c2ccccc2F)cc1. The first-order chi connectivity index (χ1) is 14.0. The van der Waals surface area contributed by atoms with Crippen LogP contribution >= 0.6 is 12.2 Å². The van der Waals surface area contributed by atoms with E-state index in [0.29, 0.717) is 17.9 Å². The molecule has 0 radical (unpaired) electrons. The Morgan fingerprint density at radius 3 is 2.38 bits per heavy atom. The number of thiocarbonyl (C=S) groups is 1. The fourth-order valence-electron chi connectivity index (χ4n) is 2.45. The molecule has 0 aliphatic heterocycles. The van der Waals surface area contributed by atoms with Crippen LogP contribution in [-0.4, -0.2) is 23.5 Å². The second kappa shape index (κ2) is 11.8. The molecule has 2 rings (SSSR count). The predicted molar refractivity (Wildman–Crippen MR) is 113 cm³/mol. The van der Waals surface area contributed by atoms with E-state index in [1.807, 2.05) is 0 Å². The molecule has 0 bridgehead atoms. The van der Waals surface area contributed by atoms with Gasteiger partial charge in [-0.05, 0) is 55.0 Å². The largest absolute Gasteiger partial charge is 0.494 e. The molecule has 154 valence electrons. The standard InChI is InChI=1S/C21H24FN3O3S/c1-2-3-4-7-14-28-16-12-10-15(11-13-16)19(26)24-25-21(29)23-20(27)17-8-5-6-9-18(17)22/h5-6,8-13H,2-4,7,14H2,1H3,(H,24,26)(H2,23,25,27,29). The molecule has 0 atom stereocenters. The Morgan fingerprint density at radius 1 is 0.966 bits per heavy atom. The van der Waals surface area contributed by atoms with Crippen molar-refractivity contribution in [2.24, 2.45) is 0 Å². The summed E-state index contributed by atoms with van der Waals surface area (Å²) < 4.78 is 19.2. The summed E-state index contributed by atoms with van der Waals surface area (Å²) in [7, 11) is 0. The van der Waals surface area contributed by atoms with Crippen molar-refractivity contribution in [2.45, 2.75) is 32.6 Å². The summed E-state index contributed by atoms with van der Waals surface area (Å²) in [6.07, 6.45) is 4.50. The van der Waals surface area contributed by atoms with Crippen molar-refractivity contribution in [3.8, 4) is 5.75 Å². The van der Waals surface area contributed by atoms with Gasteiger partial charge >= 0.3 is 0 Å². The van der Waals surface area contributed by atoms with E-state index in [1.54, 1.807) is 24.3 Å². The van der Waals surface area contributed by atoms with Gasteiger partial charge in [0, 0.05) is 5.56 Å². The summed E-state index contributed by atoms with van der Waals surface area (Å²) >= 11 is 4.94. The highest BCUT2D eigenvalue weighted by molar-refractivity contribution is 7.80. The van der Waals surface area contributed by atoms with E-state index < -0.39 is 17.6 Å². The van der Waals surface area contributed by atoms with E-state index in [2.05, 4.69) is 23.1 Å². The van der Waals surface area contributed by atoms with E-state index in [0.717, 1.165) is 12.8 Å². The van der Waals surface area contributed by atoms with Gasteiger partial charge in [0.1, 0.15) is 11.6 Å². The molecular formula is C21H24FN3O3S. The summed E-state index contributed by atoms with van der Waals surface area (Å²) in [5, 5.41) is 2.14. The van der Waals surface area contributed by atoms with Gasteiger partial charge in [0.05, 0.1) is 12.2 Å². The summed E-state index contributed by atoms with van der Waals surface area (Å²) in [5.74, 6) is -1.12. The van der Waals surface area contributed by atoms with Gasteiger partial charge in [0.2, 0.25) is 0 Å². The highest BCUT2D eigenvalue weighted by Gasteiger charge is 2.13. The Bertz CT molecular complexity index is 843. The third-order valence-corrected chi connectivity index (χ3v) is 4.22. The number of amides is 2. The van der Waals surface area contributed by atoms with Crippen molar-refractivity contribution in [3.05, 3.63) is 65.5 Å². The van der Waals surface area contributed by atoms with Crippen molar-refractivity contribution in [1.29, 1.82) is 0 Å². The Morgan fingerprint density at radius 2 is 1.69 bits per heavy atom. The van der Waals surface area contributed by atoms with Crippen LogP contribution in [0.1, 0.15) is 53.3 Å². The van der Waals surface area contributed by atoms with Crippen LogP contribution in [0, 0.1) is 5.82 Å². The maximum atomic E-state index is 13.6. The second-order valence-electron chi connectivity index (χ2n) is 6.28. The van der Waals surface area contributed by atoms with Gasteiger partial charge < -0.3 is 4.74 Å². The first kappa shape index (κ1) is 22.3. The molecular weight excluding hydrogens is 393 g/mol. The van der Waals surface area contributed by atoms with Gasteiger partial charge in [0.25, 0.3) is 11.8 Å². The lowest BCUT2D eigenvalue weighted by Gasteiger charge is -2.11. The molecule has 0 aliphatic carbocycles. The van der Waals surface area contributed by atoms with Crippen LogP contribution in [-0.2, 0) is 0 Å². The number of halogens is 1. The number of unbranched alkanes of at least 4 members (excludes halogenated alkanes) is 3. The van der Waals surface area contributed by atoms with E-state index in [4.69, 9.17) is 17.0 Å². The average Bonchev–Trinajstić information content (AvgIpc) is 2.72. The summed E-state index contributed by atoms with van der Waals surface area (Å²) in [6, 6.07) is 12.2. The minimum absolute atomic E-state index is 0.145. The minimum Gasteiger partial charge on any atom is -0.494 e. The molecule has 2 aromatic rings. The van der Waals surface area contributed by atoms with Crippen molar-refractivity contribution in [1.82, 2.24) is 16.2 Å². The molecule has 8 heteroatoms. The number of carbonyl (C=O) groups is 2. The molecule has 0 unspecified atom stereocenters. The van der Waals surface area contributed by atoms with Crippen LogP contribution in [0.2, 0.25) is 0 Å². The quantitative estimate of drug-likeness (QED) is 0.346. The van der Waals surface area contributed by atoms with Gasteiger partial charge in [-0.15, -0.1) is 0 Å². The molecule has 0 aromatic heterocycles. The van der Waals surface area contributed by atoms with Gasteiger partial charge in [-0.25, -0.2) is 4.39 Å². The van der Waals surface area contributed by atoms with E-state index in [-0.39, 0.29) is 10.7 Å². The monoisotopic (exact) mass is 417 g/mol. The molecule has 0 saturated carbocycles. The van der Waals surface area contributed by atoms with Crippen molar-refractivity contribution in [3.63, 3.8) is 0 Å². The molecule has 0 fully saturated rings. The lowest BCUT2D eigenvalue weighted by molar-refractivity contribution is 0.0933. The lowest BCUT2D eigenvalue weighted by Crippen LogP contribution is -2.48. The molecule has 0 aliphatic rings. The Balaban J connectivity index is 1.76. The molecule has 6 nitrogen and oxygen atoms in total. The number of hydrogen-bond donors (Lipinski definition) is 3. The highest BCUT2D eigenvalue weighted by atomic mass is 32.1. The summed E-state index contributed by atoms with van der Waals surface area (Å²) in [6.45, 7) is 2.80. The number of nitrogens with one attached hydrogen (secondary N) is 3. The molecule has 3 N–H and O–H groups in total. The van der Waals surface area contributed by atoms with Gasteiger partial charge in [-0.1, -0.05) is 38.3 Å². The van der Waals surface area contributed by atoms with Gasteiger partial charge in [-0.2, -0.15) is 0 Å². The number of carbonyl (C=O) groups excluding carboxylic acids is 2. The molecule has 0 spiro atoms. The number of rotatable bonds is 8. The smallest absolute Gasteiger partial charge is 0.269 e. The van der Waals surface area contributed by atoms with E-state index >= 15 is 0 Å². The maximum absolute atomic E-state index is 13.6. The zero-order valence-electron chi connectivity index (χ0n) is 16.2. The minimum atomic E-state index is -0.713. The molecule has 2 amide bonds. The normalized spacial score (nSPS) is 10.1. The van der Waals surface area contributed by atoms with Crippen LogP contribution in [0.25, 0.3) is 0 Å². The third-order valence-electron chi connectivity index (χ3n) is 4.02.